The molecule has 0 saturated heterocycles. The Kier molecular flexibility index (Phi) is 3.61. The van der Waals surface area contributed by atoms with Crippen LogP contribution in [0.2, 0.25) is 0 Å². The van der Waals surface area contributed by atoms with E-state index in [-0.39, 0.29) is 23.5 Å². The number of phenolic OH excluding ortho intramolecular Hbond substituents is 3. The van der Waals surface area contributed by atoms with E-state index in [9.17, 15) is 15.3 Å². The highest BCUT2D eigenvalue weighted by Crippen LogP contribution is 2.45. The van der Waals surface area contributed by atoms with Crippen molar-refractivity contribution in [2.75, 3.05) is 0 Å². The van der Waals surface area contributed by atoms with Gasteiger partial charge in [-0.05, 0) is 36.1 Å². The standard InChI is InChI=1S/C18H20O4/c1-10(2)13-7-11-5-3-4-6-16(11)22-18(13)12-8-14(19)17(21)15(20)9-12/h3-6,8-10,13,18-21H,7H2,1-2H3. The number of fused-ring (bicyclic) bond motifs is 1. The number of rotatable bonds is 2. The summed E-state index contributed by atoms with van der Waals surface area (Å²) in [7, 11) is 0. The molecule has 4 heteroatoms. The molecule has 2 aromatic carbocycles. The summed E-state index contributed by atoms with van der Waals surface area (Å²) in [5.74, 6) is 0.257. The van der Waals surface area contributed by atoms with Gasteiger partial charge in [-0.15, -0.1) is 0 Å². The van der Waals surface area contributed by atoms with Gasteiger partial charge < -0.3 is 20.1 Å². The molecule has 116 valence electrons. The first-order valence-corrected chi connectivity index (χ1v) is 7.46. The van der Waals surface area contributed by atoms with Crippen LogP contribution in [0.4, 0.5) is 0 Å². The van der Waals surface area contributed by atoms with Crippen molar-refractivity contribution in [1.29, 1.82) is 0 Å². The summed E-state index contributed by atoms with van der Waals surface area (Å²) in [6.07, 6.45) is 0.605. The van der Waals surface area contributed by atoms with E-state index in [2.05, 4.69) is 19.9 Å². The molecule has 2 aromatic rings. The number of ether oxygens (including phenoxy) is 1. The molecule has 4 nitrogen and oxygen atoms in total. The zero-order valence-electron chi connectivity index (χ0n) is 12.7. The van der Waals surface area contributed by atoms with Crippen molar-refractivity contribution in [3.8, 4) is 23.0 Å². The predicted molar refractivity (Wildman–Crippen MR) is 83.3 cm³/mol. The minimum atomic E-state index is -0.499. The minimum absolute atomic E-state index is 0.221. The maximum Gasteiger partial charge on any atom is 0.200 e. The minimum Gasteiger partial charge on any atom is -0.504 e. The molecule has 3 rings (SSSR count). The van der Waals surface area contributed by atoms with E-state index in [4.69, 9.17) is 4.74 Å². The molecule has 0 radical (unpaired) electrons. The van der Waals surface area contributed by atoms with E-state index >= 15 is 0 Å². The van der Waals surface area contributed by atoms with Gasteiger partial charge in [0.05, 0.1) is 0 Å². The highest BCUT2D eigenvalue weighted by molar-refractivity contribution is 5.52. The van der Waals surface area contributed by atoms with Gasteiger partial charge in [0.25, 0.3) is 0 Å². The molecule has 3 N–H and O–H groups in total. The molecule has 1 heterocycles. The van der Waals surface area contributed by atoms with E-state index in [0.29, 0.717) is 11.5 Å². The summed E-state index contributed by atoms with van der Waals surface area (Å²) in [5, 5.41) is 29.1. The van der Waals surface area contributed by atoms with Crippen molar-refractivity contribution in [3.05, 3.63) is 47.5 Å². The first kappa shape index (κ1) is 14.6. The number of aromatic hydroxyl groups is 3. The molecule has 0 spiro atoms. The van der Waals surface area contributed by atoms with Gasteiger partial charge in [-0.1, -0.05) is 32.0 Å². The van der Waals surface area contributed by atoms with E-state index in [0.717, 1.165) is 12.2 Å². The number of phenols is 3. The van der Waals surface area contributed by atoms with E-state index < -0.39 is 5.75 Å². The third-order valence-corrected chi connectivity index (χ3v) is 4.35. The number of para-hydroxylation sites is 1. The fourth-order valence-electron chi connectivity index (χ4n) is 3.06. The highest BCUT2D eigenvalue weighted by Gasteiger charge is 2.34. The van der Waals surface area contributed by atoms with Gasteiger partial charge in [0.15, 0.2) is 17.2 Å². The molecular weight excluding hydrogens is 280 g/mol. The van der Waals surface area contributed by atoms with Crippen molar-refractivity contribution in [3.63, 3.8) is 0 Å². The van der Waals surface area contributed by atoms with Crippen LogP contribution in [0.5, 0.6) is 23.0 Å². The van der Waals surface area contributed by atoms with Gasteiger partial charge in [0.2, 0.25) is 0 Å². The first-order valence-electron chi connectivity index (χ1n) is 7.46. The molecule has 0 bridgehead atoms. The summed E-state index contributed by atoms with van der Waals surface area (Å²) in [4.78, 5) is 0. The van der Waals surface area contributed by atoms with E-state index in [1.807, 2.05) is 18.2 Å². The van der Waals surface area contributed by atoms with Gasteiger partial charge in [-0.2, -0.15) is 0 Å². The van der Waals surface area contributed by atoms with Crippen LogP contribution in [0.3, 0.4) is 0 Å². The van der Waals surface area contributed by atoms with Crippen molar-refractivity contribution >= 4 is 0 Å². The molecule has 2 atom stereocenters. The molecular formula is C18H20O4. The second-order valence-electron chi connectivity index (χ2n) is 6.17. The van der Waals surface area contributed by atoms with E-state index in [1.54, 1.807) is 0 Å². The van der Waals surface area contributed by atoms with Crippen LogP contribution in [0, 0.1) is 11.8 Å². The Morgan fingerprint density at radius 2 is 1.68 bits per heavy atom. The third-order valence-electron chi connectivity index (χ3n) is 4.35. The lowest BCUT2D eigenvalue weighted by molar-refractivity contribution is 0.0846. The van der Waals surface area contributed by atoms with Crippen molar-refractivity contribution < 1.29 is 20.1 Å². The summed E-state index contributed by atoms with van der Waals surface area (Å²) in [5.41, 5.74) is 1.84. The maximum absolute atomic E-state index is 9.77. The second-order valence-corrected chi connectivity index (χ2v) is 6.17. The average Bonchev–Trinajstić information content (AvgIpc) is 2.50. The summed E-state index contributed by atoms with van der Waals surface area (Å²) in [6, 6.07) is 10.8. The van der Waals surface area contributed by atoms with Crippen LogP contribution >= 0.6 is 0 Å². The normalized spacial score (nSPS) is 20.5. The Balaban J connectivity index is 2.04. The monoisotopic (exact) mass is 300 g/mol. The van der Waals surface area contributed by atoms with Crippen LogP contribution in [0.1, 0.15) is 31.1 Å². The quantitative estimate of drug-likeness (QED) is 0.739. The van der Waals surface area contributed by atoms with Crippen molar-refractivity contribution in [1.82, 2.24) is 0 Å². The molecule has 0 aliphatic carbocycles. The Morgan fingerprint density at radius 1 is 1.05 bits per heavy atom. The van der Waals surface area contributed by atoms with Gasteiger partial charge in [-0.3, -0.25) is 0 Å². The Hall–Kier alpha value is -2.36. The topological polar surface area (TPSA) is 69.9 Å². The molecule has 0 amide bonds. The largest absolute Gasteiger partial charge is 0.504 e. The lowest BCUT2D eigenvalue weighted by Gasteiger charge is -2.36. The third kappa shape index (κ3) is 2.45. The van der Waals surface area contributed by atoms with Gasteiger partial charge in [0.1, 0.15) is 11.9 Å². The summed E-state index contributed by atoms with van der Waals surface area (Å²) < 4.78 is 6.14. The zero-order valence-corrected chi connectivity index (χ0v) is 12.7. The Labute approximate surface area is 129 Å². The number of benzene rings is 2. The molecule has 1 aliphatic rings. The zero-order chi connectivity index (χ0) is 15.9. The SMILES string of the molecule is CC(C)C1Cc2ccccc2OC1c1cc(O)c(O)c(O)c1. The average molecular weight is 300 g/mol. The Bertz CT molecular complexity index is 670. The van der Waals surface area contributed by atoms with Crippen molar-refractivity contribution in [2.45, 2.75) is 26.4 Å². The molecule has 0 aromatic heterocycles. The van der Waals surface area contributed by atoms with E-state index in [1.165, 1.54) is 17.7 Å². The van der Waals surface area contributed by atoms with Gasteiger partial charge in [-0.25, -0.2) is 0 Å². The maximum atomic E-state index is 9.77. The molecule has 22 heavy (non-hydrogen) atoms. The summed E-state index contributed by atoms with van der Waals surface area (Å²) in [6.45, 7) is 4.27. The first-order chi connectivity index (χ1) is 10.5. The smallest absolute Gasteiger partial charge is 0.200 e. The van der Waals surface area contributed by atoms with Crippen LogP contribution in [0.25, 0.3) is 0 Å². The van der Waals surface area contributed by atoms with Crippen molar-refractivity contribution in [2.24, 2.45) is 11.8 Å². The van der Waals surface area contributed by atoms with Crippen LogP contribution < -0.4 is 4.74 Å². The highest BCUT2D eigenvalue weighted by atomic mass is 16.5. The fourth-order valence-corrected chi connectivity index (χ4v) is 3.06. The van der Waals surface area contributed by atoms with Gasteiger partial charge in [0, 0.05) is 11.5 Å². The van der Waals surface area contributed by atoms with Crippen LogP contribution in [-0.2, 0) is 6.42 Å². The van der Waals surface area contributed by atoms with Gasteiger partial charge >= 0.3 is 0 Å². The van der Waals surface area contributed by atoms with Crippen LogP contribution in [0.15, 0.2) is 36.4 Å². The molecule has 2 unspecified atom stereocenters. The number of hydrogen-bond acceptors (Lipinski definition) is 4. The predicted octanol–water partition coefficient (Wildman–Crippen LogP) is 3.75. The lowest BCUT2D eigenvalue weighted by Crippen LogP contribution is -2.29. The molecule has 0 saturated carbocycles. The second kappa shape index (κ2) is 5.44. The molecule has 1 aliphatic heterocycles. The Morgan fingerprint density at radius 3 is 2.32 bits per heavy atom. The summed E-state index contributed by atoms with van der Waals surface area (Å²) >= 11 is 0. The lowest BCUT2D eigenvalue weighted by atomic mass is 9.80. The fraction of sp³-hybridized carbons (Fsp3) is 0.333. The number of hydrogen-bond donors (Lipinski definition) is 3. The van der Waals surface area contributed by atoms with Crippen LogP contribution in [-0.4, -0.2) is 15.3 Å². The molecule has 0 fully saturated rings.